The van der Waals surface area contributed by atoms with Gasteiger partial charge < -0.3 is 10.1 Å². The third-order valence-corrected chi connectivity index (χ3v) is 4.90. The summed E-state index contributed by atoms with van der Waals surface area (Å²) in [5, 5.41) is 2.82. The molecule has 0 unspecified atom stereocenters. The summed E-state index contributed by atoms with van der Waals surface area (Å²) in [7, 11) is -2.35. The number of ether oxygens (including phenoxy) is 1. The molecule has 8 heteroatoms. The molecule has 2 rings (SSSR count). The van der Waals surface area contributed by atoms with E-state index in [1.165, 1.54) is 25.2 Å². The van der Waals surface area contributed by atoms with E-state index in [4.69, 9.17) is 16.3 Å². The summed E-state index contributed by atoms with van der Waals surface area (Å²) in [6, 6.07) is 13.1. The first-order chi connectivity index (χ1) is 11.4. The summed E-state index contributed by atoms with van der Waals surface area (Å²) in [6.45, 7) is 0.537. The standard InChI is InChI=1S/C16H17ClN2O4S/c1-18-24(21,22)13-7-8-15(17)14(11-13)16(20)19-9-10-23-12-5-3-2-4-6-12/h2-8,11,18H,9-10H2,1H3,(H,19,20). The lowest BCUT2D eigenvalue weighted by molar-refractivity contribution is 0.0947. The van der Waals surface area contributed by atoms with Crippen molar-refractivity contribution in [3.05, 3.63) is 59.1 Å². The van der Waals surface area contributed by atoms with Crippen molar-refractivity contribution in [1.29, 1.82) is 0 Å². The molecule has 128 valence electrons. The molecule has 0 bridgehead atoms. The monoisotopic (exact) mass is 368 g/mol. The van der Waals surface area contributed by atoms with Crippen molar-refractivity contribution in [2.24, 2.45) is 0 Å². The van der Waals surface area contributed by atoms with Crippen LogP contribution in [0.25, 0.3) is 0 Å². The summed E-state index contributed by atoms with van der Waals surface area (Å²) in [4.78, 5) is 12.2. The van der Waals surface area contributed by atoms with E-state index in [2.05, 4.69) is 10.0 Å². The van der Waals surface area contributed by atoms with Gasteiger partial charge in [0.1, 0.15) is 12.4 Å². The Balaban J connectivity index is 1.98. The van der Waals surface area contributed by atoms with E-state index < -0.39 is 15.9 Å². The molecular formula is C16H17ClN2O4S. The van der Waals surface area contributed by atoms with Crippen LogP contribution in [0.5, 0.6) is 5.75 Å². The van der Waals surface area contributed by atoms with Gasteiger partial charge in [0.15, 0.2) is 0 Å². The summed E-state index contributed by atoms with van der Waals surface area (Å²) in [6.07, 6.45) is 0. The van der Waals surface area contributed by atoms with Crippen molar-refractivity contribution in [2.75, 3.05) is 20.2 Å². The van der Waals surface area contributed by atoms with Gasteiger partial charge in [0, 0.05) is 0 Å². The maximum absolute atomic E-state index is 12.2. The average Bonchev–Trinajstić information content (AvgIpc) is 2.59. The quantitative estimate of drug-likeness (QED) is 0.732. The second kappa shape index (κ2) is 8.14. The SMILES string of the molecule is CNS(=O)(=O)c1ccc(Cl)c(C(=O)NCCOc2ccccc2)c1. The molecule has 0 spiro atoms. The van der Waals surface area contributed by atoms with Crippen LogP contribution >= 0.6 is 11.6 Å². The lowest BCUT2D eigenvalue weighted by Crippen LogP contribution is -2.28. The number of hydrogen-bond donors (Lipinski definition) is 2. The summed E-state index contributed by atoms with van der Waals surface area (Å²) in [5.41, 5.74) is 0.0905. The highest BCUT2D eigenvalue weighted by Crippen LogP contribution is 2.20. The second-order valence-corrected chi connectivity index (χ2v) is 7.06. The molecule has 2 aromatic carbocycles. The fourth-order valence-electron chi connectivity index (χ4n) is 1.91. The van der Waals surface area contributed by atoms with Gasteiger partial charge in [-0.25, -0.2) is 13.1 Å². The molecule has 0 fully saturated rings. The van der Waals surface area contributed by atoms with E-state index in [1.54, 1.807) is 0 Å². The smallest absolute Gasteiger partial charge is 0.252 e. The highest BCUT2D eigenvalue weighted by molar-refractivity contribution is 7.89. The first-order valence-corrected chi connectivity index (χ1v) is 8.99. The third-order valence-electron chi connectivity index (χ3n) is 3.16. The number of hydrogen-bond acceptors (Lipinski definition) is 4. The molecule has 24 heavy (non-hydrogen) atoms. The van der Waals surface area contributed by atoms with E-state index in [0.29, 0.717) is 5.75 Å². The Hall–Kier alpha value is -2.09. The average molecular weight is 369 g/mol. The first kappa shape index (κ1) is 18.3. The Bertz CT molecular complexity index is 810. The number of para-hydroxylation sites is 1. The second-order valence-electron chi connectivity index (χ2n) is 4.77. The van der Waals surface area contributed by atoms with Gasteiger partial charge in [-0.15, -0.1) is 0 Å². The Morgan fingerprint density at radius 1 is 1.17 bits per heavy atom. The molecule has 0 aliphatic heterocycles. The molecule has 0 saturated carbocycles. The molecule has 0 aliphatic rings. The van der Waals surface area contributed by atoms with Crippen molar-refractivity contribution >= 4 is 27.5 Å². The van der Waals surface area contributed by atoms with E-state index in [-0.39, 0.29) is 28.6 Å². The van der Waals surface area contributed by atoms with Crippen LogP contribution in [0.15, 0.2) is 53.4 Å². The topological polar surface area (TPSA) is 84.5 Å². The largest absolute Gasteiger partial charge is 0.492 e. The van der Waals surface area contributed by atoms with Crippen LogP contribution in [0.2, 0.25) is 5.02 Å². The number of rotatable bonds is 7. The Labute approximate surface area is 145 Å². The van der Waals surface area contributed by atoms with E-state index in [1.807, 2.05) is 30.3 Å². The van der Waals surface area contributed by atoms with Gasteiger partial charge in [0.2, 0.25) is 10.0 Å². The van der Waals surface area contributed by atoms with Crippen molar-refractivity contribution in [1.82, 2.24) is 10.0 Å². The summed E-state index contributed by atoms with van der Waals surface area (Å²) < 4.78 is 31.3. The van der Waals surface area contributed by atoms with Crippen molar-refractivity contribution in [3.63, 3.8) is 0 Å². The highest BCUT2D eigenvalue weighted by Gasteiger charge is 2.17. The molecule has 0 heterocycles. The third kappa shape index (κ3) is 4.70. The molecule has 1 amide bonds. The minimum atomic E-state index is -3.65. The molecule has 0 atom stereocenters. The fraction of sp³-hybridized carbons (Fsp3) is 0.188. The summed E-state index contributed by atoms with van der Waals surface area (Å²) >= 11 is 5.99. The zero-order valence-corrected chi connectivity index (χ0v) is 14.5. The number of nitrogens with one attached hydrogen (secondary N) is 2. The van der Waals surface area contributed by atoms with Crippen molar-refractivity contribution in [2.45, 2.75) is 4.90 Å². The van der Waals surface area contributed by atoms with Gasteiger partial charge in [-0.2, -0.15) is 0 Å². The van der Waals surface area contributed by atoms with Crippen molar-refractivity contribution < 1.29 is 17.9 Å². The van der Waals surface area contributed by atoms with E-state index in [9.17, 15) is 13.2 Å². The van der Waals surface area contributed by atoms with Gasteiger partial charge in [-0.3, -0.25) is 4.79 Å². The van der Waals surface area contributed by atoms with Crippen molar-refractivity contribution in [3.8, 4) is 5.75 Å². The van der Waals surface area contributed by atoms with Crippen LogP contribution in [0.1, 0.15) is 10.4 Å². The number of halogens is 1. The predicted octanol–water partition coefficient (Wildman–Crippen LogP) is 2.06. The molecule has 0 aromatic heterocycles. The number of amides is 1. The number of carbonyl (C=O) groups excluding carboxylic acids is 1. The van der Waals surface area contributed by atoms with Crippen LogP contribution in [0, 0.1) is 0 Å². The first-order valence-electron chi connectivity index (χ1n) is 7.13. The molecule has 0 aliphatic carbocycles. The minimum absolute atomic E-state index is 0.0277. The zero-order chi connectivity index (χ0) is 17.6. The number of sulfonamides is 1. The van der Waals surface area contributed by atoms with Gasteiger partial charge in [-0.05, 0) is 37.4 Å². The minimum Gasteiger partial charge on any atom is -0.492 e. The fourth-order valence-corrected chi connectivity index (χ4v) is 2.87. The highest BCUT2D eigenvalue weighted by atomic mass is 35.5. The normalized spacial score (nSPS) is 11.1. The molecule has 2 N–H and O–H groups in total. The predicted molar refractivity (Wildman–Crippen MR) is 92.0 cm³/mol. The van der Waals surface area contributed by atoms with Gasteiger partial charge >= 0.3 is 0 Å². The van der Waals surface area contributed by atoms with Crippen LogP contribution in [0.4, 0.5) is 0 Å². The lowest BCUT2D eigenvalue weighted by atomic mass is 10.2. The molecule has 2 aromatic rings. The van der Waals surface area contributed by atoms with Crippen LogP contribution < -0.4 is 14.8 Å². The van der Waals surface area contributed by atoms with Gasteiger partial charge in [0.25, 0.3) is 5.91 Å². The zero-order valence-electron chi connectivity index (χ0n) is 13.0. The molecule has 6 nitrogen and oxygen atoms in total. The Morgan fingerprint density at radius 2 is 1.88 bits per heavy atom. The lowest BCUT2D eigenvalue weighted by Gasteiger charge is -2.10. The molecular weight excluding hydrogens is 352 g/mol. The molecule has 0 saturated heterocycles. The Morgan fingerprint density at radius 3 is 2.54 bits per heavy atom. The number of carbonyl (C=O) groups is 1. The number of benzene rings is 2. The van der Waals surface area contributed by atoms with Gasteiger partial charge in [0.05, 0.1) is 22.0 Å². The van der Waals surface area contributed by atoms with Crippen LogP contribution in [-0.4, -0.2) is 34.5 Å². The molecule has 0 radical (unpaired) electrons. The van der Waals surface area contributed by atoms with Gasteiger partial charge in [-0.1, -0.05) is 29.8 Å². The van der Waals surface area contributed by atoms with Crippen LogP contribution in [0.3, 0.4) is 0 Å². The van der Waals surface area contributed by atoms with E-state index in [0.717, 1.165) is 0 Å². The maximum Gasteiger partial charge on any atom is 0.252 e. The Kier molecular flexibility index (Phi) is 6.19. The maximum atomic E-state index is 12.2. The van der Waals surface area contributed by atoms with E-state index >= 15 is 0 Å². The summed E-state index contributed by atoms with van der Waals surface area (Å²) in [5.74, 6) is 0.233. The van der Waals surface area contributed by atoms with Crippen LogP contribution in [-0.2, 0) is 10.0 Å².